The number of hydrogen-bond acceptors (Lipinski definition) is 6. The molecular formula is C19H21N3O5S2. The van der Waals surface area contributed by atoms with Gasteiger partial charge in [-0.05, 0) is 36.4 Å². The zero-order valence-electron chi connectivity index (χ0n) is 16.7. The van der Waals surface area contributed by atoms with Gasteiger partial charge in [-0.15, -0.1) is 0 Å². The van der Waals surface area contributed by atoms with Crippen molar-refractivity contribution in [3.05, 3.63) is 46.8 Å². The Hall–Kier alpha value is -2.69. The Bertz CT molecular complexity index is 1240. The van der Waals surface area contributed by atoms with Crippen LogP contribution < -0.4 is 14.3 Å². The second-order valence-corrected chi connectivity index (χ2v) is 9.45. The fourth-order valence-corrected chi connectivity index (χ4v) is 4.79. The van der Waals surface area contributed by atoms with Gasteiger partial charge in [-0.2, -0.15) is 4.99 Å². The van der Waals surface area contributed by atoms with Crippen LogP contribution in [0, 0.1) is 0 Å². The van der Waals surface area contributed by atoms with Crippen molar-refractivity contribution in [2.75, 3.05) is 28.3 Å². The lowest BCUT2D eigenvalue weighted by Gasteiger charge is -2.11. The summed E-state index contributed by atoms with van der Waals surface area (Å²) < 4.78 is 38.8. The van der Waals surface area contributed by atoms with E-state index in [-0.39, 0.29) is 4.90 Å². The number of methoxy groups -OCH3 is 2. The molecule has 8 nitrogen and oxygen atoms in total. The monoisotopic (exact) mass is 435 g/mol. The van der Waals surface area contributed by atoms with Crippen molar-refractivity contribution in [3.63, 3.8) is 0 Å². The number of rotatable bonds is 5. The molecule has 0 saturated heterocycles. The van der Waals surface area contributed by atoms with Crippen LogP contribution in [0.1, 0.15) is 10.4 Å². The number of sulfonamides is 1. The number of fused-ring (bicyclic) bond motifs is 1. The predicted octanol–water partition coefficient (Wildman–Crippen LogP) is 2.25. The average molecular weight is 436 g/mol. The van der Waals surface area contributed by atoms with Crippen LogP contribution in [0.25, 0.3) is 10.2 Å². The van der Waals surface area contributed by atoms with Gasteiger partial charge in [0.2, 0.25) is 10.0 Å². The molecule has 154 valence electrons. The van der Waals surface area contributed by atoms with E-state index >= 15 is 0 Å². The number of aromatic nitrogens is 1. The molecule has 0 bridgehead atoms. The number of nitrogens with zero attached hydrogens (tertiary/aromatic N) is 3. The van der Waals surface area contributed by atoms with Gasteiger partial charge in [-0.3, -0.25) is 4.79 Å². The van der Waals surface area contributed by atoms with Crippen LogP contribution in [0.4, 0.5) is 0 Å². The van der Waals surface area contributed by atoms with Gasteiger partial charge in [-0.1, -0.05) is 11.3 Å². The van der Waals surface area contributed by atoms with Crippen molar-refractivity contribution in [3.8, 4) is 11.5 Å². The van der Waals surface area contributed by atoms with Crippen molar-refractivity contribution < 1.29 is 22.7 Å². The quantitative estimate of drug-likeness (QED) is 0.613. The van der Waals surface area contributed by atoms with E-state index < -0.39 is 15.9 Å². The number of carbonyl (C=O) groups excluding carboxylic acids is 1. The van der Waals surface area contributed by atoms with Gasteiger partial charge in [0.05, 0.1) is 19.1 Å². The first-order valence-electron chi connectivity index (χ1n) is 8.53. The molecule has 0 atom stereocenters. The molecule has 0 fully saturated rings. The molecular weight excluding hydrogens is 414 g/mol. The van der Waals surface area contributed by atoms with Crippen molar-refractivity contribution in [1.82, 2.24) is 8.87 Å². The summed E-state index contributed by atoms with van der Waals surface area (Å²) in [5.74, 6) is 0.833. The molecule has 10 heteroatoms. The zero-order chi connectivity index (χ0) is 21.3. The molecule has 0 spiro atoms. The highest BCUT2D eigenvalue weighted by molar-refractivity contribution is 7.89. The topological polar surface area (TPSA) is 90.2 Å². The van der Waals surface area contributed by atoms with Crippen LogP contribution in [0.2, 0.25) is 0 Å². The van der Waals surface area contributed by atoms with Crippen molar-refractivity contribution >= 4 is 37.5 Å². The van der Waals surface area contributed by atoms with Gasteiger partial charge in [0, 0.05) is 26.7 Å². The summed E-state index contributed by atoms with van der Waals surface area (Å²) in [6.07, 6.45) is 0. The molecule has 1 amide bonds. The Labute approximate surface area is 172 Å². The minimum absolute atomic E-state index is 0.112. The first kappa shape index (κ1) is 21.0. The van der Waals surface area contributed by atoms with Crippen LogP contribution in [0.5, 0.6) is 11.5 Å². The van der Waals surface area contributed by atoms with E-state index in [4.69, 9.17) is 9.47 Å². The minimum atomic E-state index is -3.56. The molecule has 1 heterocycles. The van der Waals surface area contributed by atoms with Crippen molar-refractivity contribution in [2.45, 2.75) is 4.90 Å². The van der Waals surface area contributed by atoms with E-state index in [0.29, 0.717) is 21.9 Å². The summed E-state index contributed by atoms with van der Waals surface area (Å²) in [5, 5.41) is 0. The molecule has 0 N–H and O–H groups in total. The zero-order valence-corrected chi connectivity index (χ0v) is 18.3. The fourth-order valence-electron chi connectivity index (χ4n) is 2.76. The summed E-state index contributed by atoms with van der Waals surface area (Å²) in [5.41, 5.74) is 1.06. The third-order valence-corrected chi connectivity index (χ3v) is 7.37. The molecule has 1 aromatic heterocycles. The number of carbonyl (C=O) groups is 1. The standard InChI is InChI=1S/C19H21N3O5S2/c1-21(2)29(24,25)13-8-6-12(7-9-13)18(23)20-19-22(3)16-14(26-4)10-11-15(27-5)17(16)28-19/h6-11H,1-5H3. The molecule has 29 heavy (non-hydrogen) atoms. The summed E-state index contributed by atoms with van der Waals surface area (Å²) in [7, 11) is 4.29. The van der Waals surface area contributed by atoms with E-state index in [1.165, 1.54) is 49.7 Å². The molecule has 3 rings (SSSR count). The second-order valence-electron chi connectivity index (χ2n) is 6.32. The Kier molecular flexibility index (Phi) is 5.78. The number of hydrogen-bond donors (Lipinski definition) is 0. The smallest absolute Gasteiger partial charge is 0.279 e. The van der Waals surface area contributed by atoms with E-state index in [0.717, 1.165) is 14.5 Å². The van der Waals surface area contributed by atoms with Crippen LogP contribution >= 0.6 is 11.3 Å². The van der Waals surface area contributed by atoms with Gasteiger partial charge in [0.1, 0.15) is 21.7 Å². The molecule has 0 aliphatic heterocycles. The van der Waals surface area contributed by atoms with Gasteiger partial charge in [0.15, 0.2) is 4.80 Å². The summed E-state index contributed by atoms with van der Waals surface area (Å²) in [6.45, 7) is 0. The maximum absolute atomic E-state index is 12.7. The average Bonchev–Trinajstić information content (AvgIpc) is 3.03. The first-order valence-corrected chi connectivity index (χ1v) is 10.8. The van der Waals surface area contributed by atoms with E-state index in [1.54, 1.807) is 38.0 Å². The first-order chi connectivity index (χ1) is 13.7. The maximum Gasteiger partial charge on any atom is 0.279 e. The second kappa shape index (κ2) is 7.97. The van der Waals surface area contributed by atoms with E-state index in [1.807, 2.05) is 0 Å². The summed E-state index contributed by atoms with van der Waals surface area (Å²) in [6, 6.07) is 9.30. The molecule has 3 aromatic rings. The number of amides is 1. The van der Waals surface area contributed by atoms with E-state index in [2.05, 4.69) is 4.99 Å². The Balaban J connectivity index is 2.06. The highest BCUT2D eigenvalue weighted by Crippen LogP contribution is 2.34. The minimum Gasteiger partial charge on any atom is -0.495 e. The molecule has 0 radical (unpaired) electrons. The third-order valence-electron chi connectivity index (χ3n) is 4.39. The molecule has 0 aliphatic carbocycles. The highest BCUT2D eigenvalue weighted by Gasteiger charge is 2.18. The maximum atomic E-state index is 12.7. The van der Waals surface area contributed by atoms with Crippen molar-refractivity contribution in [2.24, 2.45) is 12.0 Å². The molecule has 0 saturated carbocycles. The van der Waals surface area contributed by atoms with Gasteiger partial charge in [-0.25, -0.2) is 12.7 Å². The van der Waals surface area contributed by atoms with Crippen LogP contribution in [-0.4, -0.2) is 51.5 Å². The molecule has 0 unspecified atom stereocenters. The number of ether oxygens (including phenoxy) is 2. The summed E-state index contributed by atoms with van der Waals surface area (Å²) in [4.78, 5) is 17.4. The summed E-state index contributed by atoms with van der Waals surface area (Å²) >= 11 is 1.31. The number of aryl methyl sites for hydroxylation is 1. The van der Waals surface area contributed by atoms with Gasteiger partial charge >= 0.3 is 0 Å². The molecule has 2 aromatic carbocycles. The third kappa shape index (κ3) is 3.78. The predicted molar refractivity (Wildman–Crippen MR) is 111 cm³/mol. The van der Waals surface area contributed by atoms with Crippen LogP contribution in [0.3, 0.4) is 0 Å². The van der Waals surface area contributed by atoms with Crippen LogP contribution in [0.15, 0.2) is 46.3 Å². The van der Waals surface area contributed by atoms with E-state index in [9.17, 15) is 13.2 Å². The lowest BCUT2D eigenvalue weighted by molar-refractivity contribution is 0.0998. The normalized spacial score (nSPS) is 12.6. The van der Waals surface area contributed by atoms with Crippen LogP contribution in [-0.2, 0) is 17.1 Å². The largest absolute Gasteiger partial charge is 0.495 e. The lowest BCUT2D eigenvalue weighted by Crippen LogP contribution is -2.22. The Morgan fingerprint density at radius 2 is 1.62 bits per heavy atom. The SMILES string of the molecule is COc1ccc(OC)c2c1sc(=NC(=O)c1ccc(S(=O)(=O)N(C)C)cc1)n2C. The van der Waals surface area contributed by atoms with Gasteiger partial charge < -0.3 is 14.0 Å². The number of thiazole rings is 1. The lowest BCUT2D eigenvalue weighted by atomic mass is 10.2. The van der Waals surface area contributed by atoms with Crippen molar-refractivity contribution in [1.29, 1.82) is 0 Å². The Morgan fingerprint density at radius 1 is 1.03 bits per heavy atom. The molecule has 0 aliphatic rings. The highest BCUT2D eigenvalue weighted by atomic mass is 32.2. The van der Waals surface area contributed by atoms with Gasteiger partial charge in [0.25, 0.3) is 5.91 Å². The number of benzene rings is 2. The fraction of sp³-hybridized carbons (Fsp3) is 0.263. The Morgan fingerprint density at radius 3 is 2.17 bits per heavy atom.